The number of nitrogens with one attached hydrogen (secondary N) is 2. The summed E-state index contributed by atoms with van der Waals surface area (Å²) in [6, 6.07) is 12.6. The molecule has 148 valence electrons. The van der Waals surface area contributed by atoms with Crippen LogP contribution in [0, 0.1) is 0 Å². The number of allylic oxidation sites excluding steroid dienone is 1. The summed E-state index contributed by atoms with van der Waals surface area (Å²) in [5.41, 5.74) is 2.56. The smallest absolute Gasteiger partial charge is 0.258 e. The van der Waals surface area contributed by atoms with E-state index >= 15 is 0 Å². The van der Waals surface area contributed by atoms with Crippen LogP contribution >= 0.6 is 0 Å². The molecule has 0 spiro atoms. The lowest BCUT2D eigenvalue weighted by atomic mass is 10.1. The molecule has 0 saturated carbocycles. The van der Waals surface area contributed by atoms with Gasteiger partial charge in [-0.15, -0.1) is 0 Å². The molecule has 0 radical (unpaired) electrons. The maximum atomic E-state index is 12.3. The van der Waals surface area contributed by atoms with Crippen molar-refractivity contribution in [1.29, 1.82) is 0 Å². The molecule has 2 rings (SSSR count). The van der Waals surface area contributed by atoms with E-state index in [1.54, 1.807) is 19.2 Å². The van der Waals surface area contributed by atoms with Crippen LogP contribution in [0.2, 0.25) is 0 Å². The zero-order valence-corrected chi connectivity index (χ0v) is 16.6. The van der Waals surface area contributed by atoms with Gasteiger partial charge in [0.15, 0.2) is 18.1 Å². The van der Waals surface area contributed by atoms with Crippen LogP contribution in [-0.2, 0) is 9.59 Å². The minimum atomic E-state index is -0.253. The van der Waals surface area contributed by atoms with Crippen molar-refractivity contribution in [1.82, 2.24) is 5.32 Å². The summed E-state index contributed by atoms with van der Waals surface area (Å²) in [4.78, 5) is 23.5. The number of hydrogen-bond acceptors (Lipinski definition) is 4. The Morgan fingerprint density at radius 2 is 1.93 bits per heavy atom. The first-order valence-electron chi connectivity index (χ1n) is 9.03. The van der Waals surface area contributed by atoms with Gasteiger partial charge >= 0.3 is 0 Å². The van der Waals surface area contributed by atoms with Crippen molar-refractivity contribution in [3.8, 4) is 11.5 Å². The topological polar surface area (TPSA) is 76.7 Å². The fourth-order valence-corrected chi connectivity index (χ4v) is 2.70. The molecule has 2 aromatic rings. The summed E-state index contributed by atoms with van der Waals surface area (Å²) < 4.78 is 11.0. The SMILES string of the molecule is C/C=C/c1ccc(OCC(=O)NC(C)c2cccc(NC(C)=O)c2)c(OC)c1. The lowest BCUT2D eigenvalue weighted by Crippen LogP contribution is -2.31. The maximum absolute atomic E-state index is 12.3. The molecule has 6 heteroatoms. The van der Waals surface area contributed by atoms with Crippen LogP contribution in [0.3, 0.4) is 0 Å². The molecular formula is C22H26N2O4. The van der Waals surface area contributed by atoms with Gasteiger partial charge in [-0.05, 0) is 49.2 Å². The first kappa shape index (κ1) is 21.0. The van der Waals surface area contributed by atoms with Crippen molar-refractivity contribution in [3.05, 3.63) is 59.7 Å². The third-order valence-corrected chi connectivity index (χ3v) is 3.99. The second-order valence-electron chi connectivity index (χ2n) is 6.29. The second-order valence-corrected chi connectivity index (χ2v) is 6.29. The molecular weight excluding hydrogens is 356 g/mol. The highest BCUT2D eigenvalue weighted by molar-refractivity contribution is 5.88. The standard InChI is InChI=1S/C22H26N2O4/c1-5-7-17-10-11-20(21(12-17)27-4)28-14-22(26)23-15(2)18-8-6-9-19(13-18)24-16(3)25/h5-13,15H,14H2,1-4H3,(H,23,26)(H,24,25)/b7-5+. The molecule has 0 fully saturated rings. The Morgan fingerprint density at radius 1 is 1.14 bits per heavy atom. The Kier molecular flexibility index (Phi) is 7.63. The minimum Gasteiger partial charge on any atom is -0.493 e. The minimum absolute atomic E-state index is 0.130. The van der Waals surface area contributed by atoms with Crippen LogP contribution in [0.4, 0.5) is 5.69 Å². The number of amides is 2. The molecule has 6 nitrogen and oxygen atoms in total. The van der Waals surface area contributed by atoms with E-state index in [1.807, 2.05) is 56.3 Å². The highest BCUT2D eigenvalue weighted by atomic mass is 16.5. The second kappa shape index (κ2) is 10.2. The molecule has 2 N–H and O–H groups in total. The lowest BCUT2D eigenvalue weighted by molar-refractivity contribution is -0.123. The predicted octanol–water partition coefficient (Wildman–Crippen LogP) is 3.94. The van der Waals surface area contributed by atoms with Gasteiger partial charge in [-0.2, -0.15) is 0 Å². The number of carbonyl (C=O) groups excluding carboxylic acids is 2. The molecule has 0 aliphatic rings. The van der Waals surface area contributed by atoms with Gasteiger partial charge in [-0.3, -0.25) is 9.59 Å². The van der Waals surface area contributed by atoms with Gasteiger partial charge in [0.1, 0.15) is 0 Å². The Balaban J connectivity index is 1.96. The molecule has 1 atom stereocenters. The number of ether oxygens (including phenoxy) is 2. The van der Waals surface area contributed by atoms with E-state index in [0.717, 1.165) is 11.1 Å². The van der Waals surface area contributed by atoms with Crippen molar-refractivity contribution in [2.75, 3.05) is 19.0 Å². The Morgan fingerprint density at radius 3 is 2.61 bits per heavy atom. The zero-order chi connectivity index (χ0) is 20.5. The van der Waals surface area contributed by atoms with Gasteiger partial charge in [0.05, 0.1) is 13.2 Å². The van der Waals surface area contributed by atoms with Crippen molar-refractivity contribution in [3.63, 3.8) is 0 Å². The summed E-state index contributed by atoms with van der Waals surface area (Å²) in [5.74, 6) is 0.680. The van der Waals surface area contributed by atoms with Gasteiger partial charge in [-0.25, -0.2) is 0 Å². The average Bonchev–Trinajstić information content (AvgIpc) is 2.66. The molecule has 1 unspecified atom stereocenters. The van der Waals surface area contributed by atoms with E-state index < -0.39 is 0 Å². The highest BCUT2D eigenvalue weighted by Crippen LogP contribution is 2.28. The summed E-state index contributed by atoms with van der Waals surface area (Å²) in [7, 11) is 1.56. The number of methoxy groups -OCH3 is 1. The molecule has 0 bridgehead atoms. The van der Waals surface area contributed by atoms with Gasteiger partial charge in [0.25, 0.3) is 5.91 Å². The van der Waals surface area contributed by atoms with Crippen LogP contribution in [-0.4, -0.2) is 25.5 Å². The van der Waals surface area contributed by atoms with Gasteiger partial charge < -0.3 is 20.1 Å². The van der Waals surface area contributed by atoms with Gasteiger partial charge in [0, 0.05) is 12.6 Å². The first-order valence-corrected chi connectivity index (χ1v) is 9.03. The van der Waals surface area contributed by atoms with E-state index in [9.17, 15) is 9.59 Å². The van der Waals surface area contributed by atoms with Crippen LogP contribution in [0.5, 0.6) is 11.5 Å². The van der Waals surface area contributed by atoms with Crippen molar-refractivity contribution < 1.29 is 19.1 Å². The van der Waals surface area contributed by atoms with Crippen LogP contribution < -0.4 is 20.1 Å². The number of hydrogen-bond donors (Lipinski definition) is 2. The van der Waals surface area contributed by atoms with E-state index in [2.05, 4.69) is 10.6 Å². The molecule has 28 heavy (non-hydrogen) atoms. The molecule has 0 aliphatic carbocycles. The summed E-state index contributed by atoms with van der Waals surface area (Å²) in [6.45, 7) is 5.13. The number of benzene rings is 2. The normalized spacial score (nSPS) is 11.7. The number of rotatable bonds is 8. The fourth-order valence-electron chi connectivity index (χ4n) is 2.70. The molecule has 2 amide bonds. The van der Waals surface area contributed by atoms with Crippen LogP contribution in [0.25, 0.3) is 6.08 Å². The van der Waals surface area contributed by atoms with E-state index in [-0.39, 0.29) is 24.5 Å². The number of carbonyl (C=O) groups is 2. The van der Waals surface area contributed by atoms with E-state index in [1.165, 1.54) is 6.92 Å². The quantitative estimate of drug-likeness (QED) is 0.725. The maximum Gasteiger partial charge on any atom is 0.258 e. The van der Waals surface area contributed by atoms with E-state index in [4.69, 9.17) is 9.47 Å². The third-order valence-electron chi connectivity index (χ3n) is 3.99. The van der Waals surface area contributed by atoms with Crippen LogP contribution in [0.15, 0.2) is 48.5 Å². The fraction of sp³-hybridized carbons (Fsp3) is 0.273. The Hall–Kier alpha value is -3.28. The molecule has 0 saturated heterocycles. The largest absolute Gasteiger partial charge is 0.493 e. The zero-order valence-electron chi connectivity index (χ0n) is 16.6. The lowest BCUT2D eigenvalue weighted by Gasteiger charge is -2.16. The summed E-state index contributed by atoms with van der Waals surface area (Å²) in [6.07, 6.45) is 3.89. The van der Waals surface area contributed by atoms with Crippen molar-refractivity contribution in [2.24, 2.45) is 0 Å². The summed E-state index contributed by atoms with van der Waals surface area (Å²) >= 11 is 0. The number of anilines is 1. The van der Waals surface area contributed by atoms with Crippen molar-refractivity contribution in [2.45, 2.75) is 26.8 Å². The highest BCUT2D eigenvalue weighted by Gasteiger charge is 2.12. The monoisotopic (exact) mass is 382 g/mol. The Bertz CT molecular complexity index is 861. The summed E-state index contributed by atoms with van der Waals surface area (Å²) in [5, 5.41) is 5.62. The average molecular weight is 382 g/mol. The molecule has 0 aromatic heterocycles. The first-order chi connectivity index (χ1) is 13.4. The molecule has 0 aliphatic heterocycles. The van der Waals surface area contributed by atoms with Gasteiger partial charge in [0.2, 0.25) is 5.91 Å². The predicted molar refractivity (Wildman–Crippen MR) is 111 cm³/mol. The molecule has 2 aromatic carbocycles. The molecule has 0 heterocycles. The van der Waals surface area contributed by atoms with E-state index in [0.29, 0.717) is 17.2 Å². The van der Waals surface area contributed by atoms with Crippen molar-refractivity contribution >= 4 is 23.6 Å². The van der Waals surface area contributed by atoms with Crippen LogP contribution in [0.1, 0.15) is 37.9 Å². The Labute approximate surface area is 165 Å². The van der Waals surface area contributed by atoms with Gasteiger partial charge in [-0.1, -0.05) is 30.4 Å². The third kappa shape index (κ3) is 6.16.